The van der Waals surface area contributed by atoms with E-state index in [1.54, 1.807) is 5.51 Å². The number of nitrogen functional groups attached to an aromatic ring is 1. The molecule has 0 aliphatic carbocycles. The van der Waals surface area contributed by atoms with Gasteiger partial charge < -0.3 is 10.5 Å². The van der Waals surface area contributed by atoms with Crippen molar-refractivity contribution in [2.24, 2.45) is 0 Å². The quantitative estimate of drug-likeness (QED) is 0.674. The summed E-state index contributed by atoms with van der Waals surface area (Å²) in [5, 5.41) is 0. The van der Waals surface area contributed by atoms with Crippen molar-refractivity contribution in [2.45, 2.75) is 26.1 Å². The van der Waals surface area contributed by atoms with E-state index < -0.39 is 11.7 Å². The molecule has 1 aromatic heterocycles. The third-order valence-electron chi connectivity index (χ3n) is 3.02. The highest BCUT2D eigenvalue weighted by atomic mass is 32.1. The zero-order chi connectivity index (χ0) is 15.5. The number of hydrogen-bond acceptors (Lipinski definition) is 4. The number of halogens is 3. The Kier molecular flexibility index (Phi) is 4.84. The third-order valence-corrected chi connectivity index (χ3v) is 4.01. The number of alkyl halides is 3. The highest BCUT2D eigenvalue weighted by molar-refractivity contribution is 7.09. The van der Waals surface area contributed by atoms with Gasteiger partial charge in [-0.25, -0.2) is 4.98 Å². The van der Waals surface area contributed by atoms with Gasteiger partial charge in [0.2, 0.25) is 0 Å². The van der Waals surface area contributed by atoms with Crippen LogP contribution in [0.2, 0.25) is 0 Å². The normalized spacial score (nSPS) is 11.8. The minimum Gasteiger partial charge on any atom is -0.399 e. The Morgan fingerprint density at radius 2 is 2.10 bits per heavy atom. The molecule has 21 heavy (non-hydrogen) atoms. The van der Waals surface area contributed by atoms with Gasteiger partial charge in [0, 0.05) is 17.0 Å². The van der Waals surface area contributed by atoms with E-state index in [0.29, 0.717) is 13.0 Å². The Hall–Kier alpha value is -1.60. The maximum Gasteiger partial charge on any atom is 0.416 e. The summed E-state index contributed by atoms with van der Waals surface area (Å²) in [5.41, 5.74) is 7.54. The lowest BCUT2D eigenvalue weighted by Crippen LogP contribution is -2.11. The van der Waals surface area contributed by atoms with E-state index in [2.05, 4.69) is 4.98 Å². The van der Waals surface area contributed by atoms with Crippen molar-refractivity contribution in [3.05, 3.63) is 45.4 Å². The smallest absolute Gasteiger partial charge is 0.399 e. The molecule has 2 rings (SSSR count). The van der Waals surface area contributed by atoms with Gasteiger partial charge >= 0.3 is 6.18 Å². The van der Waals surface area contributed by atoms with E-state index in [0.717, 1.165) is 16.6 Å². The molecule has 0 amide bonds. The molecule has 0 radical (unpaired) electrons. The van der Waals surface area contributed by atoms with E-state index in [-0.39, 0.29) is 17.9 Å². The first-order chi connectivity index (χ1) is 9.88. The zero-order valence-electron chi connectivity index (χ0n) is 11.4. The van der Waals surface area contributed by atoms with Crippen LogP contribution in [0.15, 0.2) is 23.7 Å². The summed E-state index contributed by atoms with van der Waals surface area (Å²) in [4.78, 5) is 5.20. The average Bonchev–Trinajstić information content (AvgIpc) is 2.80. The van der Waals surface area contributed by atoms with Crippen LogP contribution in [0.5, 0.6) is 0 Å². The molecule has 0 saturated carbocycles. The first-order valence-electron chi connectivity index (χ1n) is 6.30. The van der Waals surface area contributed by atoms with Gasteiger partial charge in [-0.1, -0.05) is 6.07 Å². The molecule has 1 heterocycles. The van der Waals surface area contributed by atoms with Crippen molar-refractivity contribution in [1.82, 2.24) is 4.98 Å². The van der Waals surface area contributed by atoms with Crippen molar-refractivity contribution >= 4 is 17.0 Å². The fourth-order valence-corrected chi connectivity index (χ4v) is 2.66. The first-order valence-corrected chi connectivity index (χ1v) is 7.18. The van der Waals surface area contributed by atoms with Crippen LogP contribution in [0.4, 0.5) is 18.9 Å². The predicted molar refractivity (Wildman–Crippen MR) is 76.1 cm³/mol. The van der Waals surface area contributed by atoms with Gasteiger partial charge in [0.25, 0.3) is 0 Å². The molecule has 114 valence electrons. The van der Waals surface area contributed by atoms with Gasteiger partial charge in [-0.15, -0.1) is 11.3 Å². The van der Waals surface area contributed by atoms with Crippen molar-refractivity contribution in [3.8, 4) is 0 Å². The highest BCUT2D eigenvalue weighted by Crippen LogP contribution is 2.33. The van der Waals surface area contributed by atoms with E-state index in [1.807, 2.05) is 6.92 Å². The number of aromatic nitrogens is 1. The van der Waals surface area contributed by atoms with E-state index in [4.69, 9.17) is 10.5 Å². The van der Waals surface area contributed by atoms with E-state index >= 15 is 0 Å². The Morgan fingerprint density at radius 1 is 1.33 bits per heavy atom. The number of rotatable bonds is 5. The molecule has 0 unspecified atom stereocenters. The highest BCUT2D eigenvalue weighted by Gasteiger charge is 2.33. The minimum atomic E-state index is -4.43. The molecule has 0 spiro atoms. The van der Waals surface area contributed by atoms with E-state index in [1.165, 1.54) is 23.5 Å². The van der Waals surface area contributed by atoms with Gasteiger partial charge in [-0.05, 0) is 24.6 Å². The predicted octanol–water partition coefficient (Wildman–Crippen LogP) is 3.81. The molecule has 2 N–H and O–H groups in total. The number of nitrogens with zero attached hydrogens (tertiary/aromatic N) is 1. The zero-order valence-corrected chi connectivity index (χ0v) is 12.2. The molecule has 0 aliphatic heterocycles. The van der Waals surface area contributed by atoms with Crippen LogP contribution in [-0.2, 0) is 23.9 Å². The van der Waals surface area contributed by atoms with Gasteiger partial charge in [0.15, 0.2) is 0 Å². The Labute approximate surface area is 124 Å². The standard InChI is InChI=1S/C14H15F3N2OS/c1-9-13(21-8-19-9)4-5-20-7-10-2-3-11(18)6-12(10)14(15,16)17/h2-3,6,8H,4-5,7,18H2,1H3. The number of aryl methyl sites for hydroxylation is 1. The Balaban J connectivity index is 1.96. The third kappa shape index (κ3) is 4.18. The van der Waals surface area contributed by atoms with Crippen LogP contribution in [-0.4, -0.2) is 11.6 Å². The van der Waals surface area contributed by atoms with Crippen LogP contribution < -0.4 is 5.73 Å². The number of benzene rings is 1. The second-order valence-corrected chi connectivity index (χ2v) is 5.52. The minimum absolute atomic E-state index is 0.0892. The van der Waals surface area contributed by atoms with Crippen LogP contribution in [0.1, 0.15) is 21.7 Å². The number of nitrogens with two attached hydrogens (primary N) is 1. The lowest BCUT2D eigenvalue weighted by Gasteiger charge is -2.13. The molecule has 0 saturated heterocycles. The second kappa shape index (κ2) is 6.44. The van der Waals surface area contributed by atoms with Crippen molar-refractivity contribution in [2.75, 3.05) is 12.3 Å². The molecule has 0 aliphatic rings. The molecule has 0 atom stereocenters. The summed E-state index contributed by atoms with van der Waals surface area (Å²) in [7, 11) is 0. The first kappa shape index (κ1) is 15.8. The van der Waals surface area contributed by atoms with E-state index in [9.17, 15) is 13.2 Å². The van der Waals surface area contributed by atoms with Crippen LogP contribution in [0.25, 0.3) is 0 Å². The lowest BCUT2D eigenvalue weighted by molar-refractivity contribution is -0.138. The van der Waals surface area contributed by atoms with Crippen LogP contribution >= 0.6 is 11.3 Å². The van der Waals surface area contributed by atoms with Crippen LogP contribution in [0.3, 0.4) is 0 Å². The SMILES string of the molecule is Cc1ncsc1CCOCc1ccc(N)cc1C(F)(F)F. The fraction of sp³-hybridized carbons (Fsp3) is 0.357. The van der Waals surface area contributed by atoms with Gasteiger partial charge in [0.05, 0.1) is 30.0 Å². The van der Waals surface area contributed by atoms with Crippen molar-refractivity contribution < 1.29 is 17.9 Å². The van der Waals surface area contributed by atoms with Gasteiger partial charge in [0.1, 0.15) is 0 Å². The molecule has 1 aromatic carbocycles. The monoisotopic (exact) mass is 316 g/mol. The number of thiazole rings is 1. The second-order valence-electron chi connectivity index (χ2n) is 4.58. The summed E-state index contributed by atoms with van der Waals surface area (Å²) >= 11 is 1.52. The Morgan fingerprint density at radius 3 is 2.71 bits per heavy atom. The van der Waals surface area contributed by atoms with Crippen LogP contribution in [0, 0.1) is 6.92 Å². The molecular formula is C14H15F3N2OS. The summed E-state index contributed by atoms with van der Waals surface area (Å²) in [6, 6.07) is 3.74. The molecular weight excluding hydrogens is 301 g/mol. The van der Waals surface area contributed by atoms with Crippen molar-refractivity contribution in [1.29, 1.82) is 0 Å². The average molecular weight is 316 g/mol. The summed E-state index contributed by atoms with van der Waals surface area (Å²) in [6.45, 7) is 2.16. The molecule has 3 nitrogen and oxygen atoms in total. The topological polar surface area (TPSA) is 48.1 Å². The number of hydrogen-bond donors (Lipinski definition) is 1. The molecule has 7 heteroatoms. The molecule has 2 aromatic rings. The number of ether oxygens (including phenoxy) is 1. The largest absolute Gasteiger partial charge is 0.416 e. The summed E-state index contributed by atoms with van der Waals surface area (Å²) < 4.78 is 44.0. The molecule has 0 bridgehead atoms. The van der Waals surface area contributed by atoms with Crippen molar-refractivity contribution in [3.63, 3.8) is 0 Å². The number of anilines is 1. The fourth-order valence-electron chi connectivity index (χ4n) is 1.90. The maximum absolute atomic E-state index is 12.9. The van der Waals surface area contributed by atoms with Gasteiger partial charge in [-0.3, -0.25) is 0 Å². The Bertz CT molecular complexity index is 611. The summed E-state index contributed by atoms with van der Waals surface area (Å²) in [5.74, 6) is 0. The summed E-state index contributed by atoms with van der Waals surface area (Å²) in [6.07, 6.45) is -3.78. The van der Waals surface area contributed by atoms with Gasteiger partial charge in [-0.2, -0.15) is 13.2 Å². The lowest BCUT2D eigenvalue weighted by atomic mass is 10.1. The molecule has 0 fully saturated rings. The maximum atomic E-state index is 12.9.